The number of carbonyl (C=O) groups excluding carboxylic acids is 2. The maximum absolute atomic E-state index is 13.9. The second-order valence-electron chi connectivity index (χ2n) is 6.19. The maximum Gasteiger partial charge on any atom is 0.293 e. The van der Waals surface area contributed by atoms with Gasteiger partial charge in [0.1, 0.15) is 29.0 Å². The first kappa shape index (κ1) is 19.1. The van der Waals surface area contributed by atoms with Gasteiger partial charge in [0, 0.05) is 17.7 Å². The van der Waals surface area contributed by atoms with E-state index in [9.17, 15) is 22.8 Å². The quantitative estimate of drug-likeness (QED) is 0.521. The summed E-state index contributed by atoms with van der Waals surface area (Å²) in [4.78, 5) is 25.8. The predicted octanol–water partition coefficient (Wildman–Crippen LogP) is 5.60. The Hall–Kier alpha value is -3.26. The summed E-state index contributed by atoms with van der Waals surface area (Å²) in [5.74, 6) is -2.20. The second-order valence-corrected chi connectivity index (χ2v) is 7.18. The lowest BCUT2D eigenvalue weighted by Crippen LogP contribution is -2.27. The van der Waals surface area contributed by atoms with Crippen molar-refractivity contribution >= 4 is 29.0 Å². The van der Waals surface area contributed by atoms with Crippen molar-refractivity contribution in [2.24, 2.45) is 0 Å². The third-order valence-electron chi connectivity index (χ3n) is 4.26. The molecule has 1 aliphatic heterocycles. The summed E-state index contributed by atoms with van der Waals surface area (Å²) in [6.07, 6.45) is 1.36. The van der Waals surface area contributed by atoms with E-state index in [4.69, 9.17) is 4.42 Å². The smallest absolute Gasteiger partial charge is 0.293 e. The van der Waals surface area contributed by atoms with Gasteiger partial charge in [0.2, 0.25) is 0 Å². The number of rotatable bonds is 4. The van der Waals surface area contributed by atoms with Crippen molar-refractivity contribution in [3.05, 3.63) is 88.3 Å². The van der Waals surface area contributed by atoms with Crippen molar-refractivity contribution in [1.82, 2.24) is 4.90 Å². The van der Waals surface area contributed by atoms with E-state index in [-0.39, 0.29) is 34.1 Å². The lowest BCUT2D eigenvalue weighted by Gasteiger charge is -2.12. The van der Waals surface area contributed by atoms with Gasteiger partial charge in [-0.1, -0.05) is 18.2 Å². The van der Waals surface area contributed by atoms with Gasteiger partial charge >= 0.3 is 0 Å². The Morgan fingerprint density at radius 2 is 1.76 bits per heavy atom. The van der Waals surface area contributed by atoms with Crippen LogP contribution in [0.3, 0.4) is 0 Å². The van der Waals surface area contributed by atoms with Crippen molar-refractivity contribution in [3.63, 3.8) is 0 Å². The van der Waals surface area contributed by atoms with Crippen LogP contribution in [0.1, 0.15) is 11.3 Å². The fourth-order valence-electron chi connectivity index (χ4n) is 2.83. The zero-order chi connectivity index (χ0) is 20.5. The average Bonchev–Trinajstić information content (AvgIpc) is 3.24. The molecule has 1 fully saturated rings. The van der Waals surface area contributed by atoms with Gasteiger partial charge in [-0.3, -0.25) is 14.5 Å². The highest BCUT2D eigenvalue weighted by molar-refractivity contribution is 8.18. The fraction of sp³-hybridized carbons (Fsp3) is 0.0476. The van der Waals surface area contributed by atoms with Crippen molar-refractivity contribution < 1.29 is 27.2 Å². The minimum atomic E-state index is -0.781. The van der Waals surface area contributed by atoms with Crippen LogP contribution in [0, 0.1) is 17.5 Å². The molecule has 2 aromatic carbocycles. The topological polar surface area (TPSA) is 50.5 Å². The molecular formula is C21H12F3NO3S. The maximum atomic E-state index is 13.9. The molecule has 0 unspecified atom stereocenters. The summed E-state index contributed by atoms with van der Waals surface area (Å²) < 4.78 is 46.3. The largest absolute Gasteiger partial charge is 0.457 e. The second kappa shape index (κ2) is 7.63. The molecule has 0 aliphatic carbocycles. The zero-order valence-corrected chi connectivity index (χ0v) is 15.5. The minimum Gasteiger partial charge on any atom is -0.457 e. The van der Waals surface area contributed by atoms with E-state index < -0.39 is 28.6 Å². The molecule has 0 N–H and O–H groups in total. The predicted molar refractivity (Wildman–Crippen MR) is 102 cm³/mol. The van der Waals surface area contributed by atoms with E-state index in [2.05, 4.69) is 0 Å². The molecule has 8 heteroatoms. The summed E-state index contributed by atoms with van der Waals surface area (Å²) in [5.41, 5.74) is 0.293. The van der Waals surface area contributed by atoms with Gasteiger partial charge in [-0.15, -0.1) is 0 Å². The lowest BCUT2D eigenvalue weighted by molar-refractivity contribution is -0.123. The van der Waals surface area contributed by atoms with Crippen molar-refractivity contribution in [3.8, 4) is 11.3 Å². The van der Waals surface area contributed by atoms with Gasteiger partial charge in [-0.2, -0.15) is 0 Å². The van der Waals surface area contributed by atoms with Crippen molar-refractivity contribution in [2.75, 3.05) is 0 Å². The van der Waals surface area contributed by atoms with Crippen molar-refractivity contribution in [2.45, 2.75) is 6.54 Å². The molecule has 2 heterocycles. The number of amides is 2. The molecule has 3 aromatic rings. The third kappa shape index (κ3) is 3.84. The van der Waals surface area contributed by atoms with Gasteiger partial charge < -0.3 is 4.42 Å². The van der Waals surface area contributed by atoms with Gasteiger partial charge in [0.15, 0.2) is 0 Å². The number of furan rings is 1. The first-order valence-electron chi connectivity index (χ1n) is 8.46. The number of carbonyl (C=O) groups is 2. The number of halogens is 3. The zero-order valence-electron chi connectivity index (χ0n) is 14.7. The van der Waals surface area contributed by atoms with Crippen LogP contribution < -0.4 is 0 Å². The summed E-state index contributed by atoms with van der Waals surface area (Å²) in [7, 11) is 0. The lowest BCUT2D eigenvalue weighted by atomic mass is 10.1. The highest BCUT2D eigenvalue weighted by Crippen LogP contribution is 2.34. The summed E-state index contributed by atoms with van der Waals surface area (Å²) in [5, 5.41) is -0.527. The molecule has 2 amide bonds. The first-order valence-corrected chi connectivity index (χ1v) is 9.28. The normalized spacial score (nSPS) is 15.6. The SMILES string of the molecule is O=C1S/C(=C/c2ccc(-c3ccc(F)cc3F)o2)C(=O)N1Cc1ccccc1F. The molecule has 0 radical (unpaired) electrons. The molecule has 4 nitrogen and oxygen atoms in total. The fourth-order valence-corrected chi connectivity index (χ4v) is 3.65. The van der Waals surface area contributed by atoms with Gasteiger partial charge in [-0.05, 0) is 42.1 Å². The van der Waals surface area contributed by atoms with Crippen LogP contribution in [-0.2, 0) is 11.3 Å². The Kier molecular flexibility index (Phi) is 5.02. The highest BCUT2D eigenvalue weighted by atomic mass is 32.2. The van der Waals surface area contributed by atoms with Gasteiger partial charge in [0.05, 0.1) is 17.0 Å². The molecule has 1 aromatic heterocycles. The average molecular weight is 415 g/mol. The molecule has 29 heavy (non-hydrogen) atoms. The number of imide groups is 1. The number of hydrogen-bond acceptors (Lipinski definition) is 4. The number of benzene rings is 2. The minimum absolute atomic E-state index is 0.0682. The number of thioether (sulfide) groups is 1. The van der Waals surface area contributed by atoms with Crippen LogP contribution in [0.15, 0.2) is 63.9 Å². The van der Waals surface area contributed by atoms with Crippen LogP contribution >= 0.6 is 11.8 Å². The molecular weight excluding hydrogens is 403 g/mol. The first-order chi connectivity index (χ1) is 13.9. The molecule has 0 atom stereocenters. The summed E-state index contributed by atoms with van der Waals surface area (Å²) in [6, 6.07) is 12.0. The van der Waals surface area contributed by atoms with E-state index in [0.717, 1.165) is 17.0 Å². The summed E-state index contributed by atoms with van der Waals surface area (Å²) in [6.45, 7) is -0.182. The van der Waals surface area contributed by atoms with Gasteiger partial charge in [-0.25, -0.2) is 13.2 Å². The molecule has 1 aliphatic rings. The molecule has 146 valence electrons. The van der Waals surface area contributed by atoms with E-state index in [1.165, 1.54) is 42.5 Å². The molecule has 4 rings (SSSR count). The van der Waals surface area contributed by atoms with E-state index in [0.29, 0.717) is 11.8 Å². The van der Waals surface area contributed by atoms with E-state index >= 15 is 0 Å². The van der Waals surface area contributed by atoms with E-state index in [1.807, 2.05) is 0 Å². The Morgan fingerprint density at radius 1 is 0.966 bits per heavy atom. The highest BCUT2D eigenvalue weighted by Gasteiger charge is 2.35. The Balaban J connectivity index is 1.56. The van der Waals surface area contributed by atoms with Crippen LogP contribution in [0.4, 0.5) is 18.0 Å². The number of hydrogen-bond donors (Lipinski definition) is 0. The Bertz CT molecular complexity index is 1160. The monoisotopic (exact) mass is 415 g/mol. The van der Waals surface area contributed by atoms with Crippen molar-refractivity contribution in [1.29, 1.82) is 0 Å². The molecule has 1 saturated heterocycles. The van der Waals surface area contributed by atoms with Crippen LogP contribution in [0.5, 0.6) is 0 Å². The number of nitrogens with zero attached hydrogens (tertiary/aromatic N) is 1. The third-order valence-corrected chi connectivity index (χ3v) is 5.16. The van der Waals surface area contributed by atoms with Crippen LogP contribution in [0.2, 0.25) is 0 Å². The van der Waals surface area contributed by atoms with Crippen LogP contribution in [-0.4, -0.2) is 16.0 Å². The van der Waals surface area contributed by atoms with Crippen LogP contribution in [0.25, 0.3) is 17.4 Å². The summed E-state index contributed by atoms with van der Waals surface area (Å²) >= 11 is 0.704. The molecule has 0 spiro atoms. The standard InChI is InChI=1S/C21H12F3NO3S/c22-13-5-7-15(17(24)9-13)18-8-6-14(28-18)10-19-20(26)25(21(27)29-19)11-12-3-1-2-4-16(12)23/h1-10H,11H2/b19-10+. The molecule has 0 bridgehead atoms. The van der Waals surface area contributed by atoms with E-state index in [1.54, 1.807) is 6.07 Å². The Labute approximate surface area is 167 Å². The molecule has 0 saturated carbocycles. The Morgan fingerprint density at radius 3 is 2.52 bits per heavy atom. The van der Waals surface area contributed by atoms with Gasteiger partial charge in [0.25, 0.3) is 11.1 Å².